The van der Waals surface area contributed by atoms with E-state index in [1.165, 1.54) is 0 Å². The molecule has 0 aromatic carbocycles. The second kappa shape index (κ2) is 5.98. The summed E-state index contributed by atoms with van der Waals surface area (Å²) in [6.07, 6.45) is 3.14. The molecule has 1 rings (SSSR count). The lowest BCUT2D eigenvalue weighted by atomic mass is 10.1. The van der Waals surface area contributed by atoms with E-state index in [2.05, 4.69) is 5.32 Å². The number of rotatable bonds is 5. The fourth-order valence-electron chi connectivity index (χ4n) is 1.58. The van der Waals surface area contributed by atoms with Gasteiger partial charge < -0.3 is 15.8 Å². The van der Waals surface area contributed by atoms with Crippen LogP contribution in [-0.4, -0.2) is 31.7 Å². The largest absolute Gasteiger partial charge is 0.376 e. The zero-order valence-electron chi connectivity index (χ0n) is 8.79. The molecule has 82 valence electrons. The van der Waals surface area contributed by atoms with Gasteiger partial charge in [0.2, 0.25) is 5.91 Å². The Morgan fingerprint density at radius 2 is 2.50 bits per heavy atom. The van der Waals surface area contributed by atoms with Gasteiger partial charge in [-0.3, -0.25) is 4.79 Å². The Morgan fingerprint density at radius 1 is 1.71 bits per heavy atom. The molecule has 2 unspecified atom stereocenters. The first-order chi connectivity index (χ1) is 6.74. The van der Waals surface area contributed by atoms with Crippen LogP contribution in [0, 0.1) is 5.92 Å². The van der Waals surface area contributed by atoms with Crippen LogP contribution in [-0.2, 0) is 9.53 Å². The summed E-state index contributed by atoms with van der Waals surface area (Å²) in [7, 11) is 0. The number of amides is 1. The zero-order valence-corrected chi connectivity index (χ0v) is 8.79. The molecule has 1 heterocycles. The molecule has 2 atom stereocenters. The van der Waals surface area contributed by atoms with Gasteiger partial charge in [-0.1, -0.05) is 6.92 Å². The summed E-state index contributed by atoms with van der Waals surface area (Å²) in [6.45, 7) is 3.94. The number of nitrogens with one attached hydrogen (secondary N) is 1. The van der Waals surface area contributed by atoms with Crippen LogP contribution in [0.4, 0.5) is 0 Å². The summed E-state index contributed by atoms with van der Waals surface area (Å²) in [5.41, 5.74) is 5.38. The molecule has 3 N–H and O–H groups in total. The van der Waals surface area contributed by atoms with E-state index in [1.54, 1.807) is 0 Å². The normalized spacial score (nSPS) is 23.4. The van der Waals surface area contributed by atoms with Gasteiger partial charge in [0.15, 0.2) is 0 Å². The first-order valence-corrected chi connectivity index (χ1v) is 5.33. The topological polar surface area (TPSA) is 64.4 Å². The molecule has 4 heteroatoms. The SMILES string of the molecule is CC(CCN)C(=O)NCC1CCCO1. The molecule has 4 nitrogen and oxygen atoms in total. The number of ether oxygens (including phenoxy) is 1. The van der Waals surface area contributed by atoms with E-state index < -0.39 is 0 Å². The van der Waals surface area contributed by atoms with Crippen molar-refractivity contribution in [1.29, 1.82) is 0 Å². The average molecular weight is 200 g/mol. The van der Waals surface area contributed by atoms with Gasteiger partial charge >= 0.3 is 0 Å². The minimum Gasteiger partial charge on any atom is -0.376 e. The van der Waals surface area contributed by atoms with Crippen LogP contribution in [0.3, 0.4) is 0 Å². The maximum Gasteiger partial charge on any atom is 0.222 e. The van der Waals surface area contributed by atoms with Gasteiger partial charge in [-0.25, -0.2) is 0 Å². The minimum atomic E-state index is 0.0152. The van der Waals surface area contributed by atoms with Gasteiger partial charge in [-0.05, 0) is 25.8 Å². The van der Waals surface area contributed by atoms with Crippen LogP contribution in [0.25, 0.3) is 0 Å². The Morgan fingerprint density at radius 3 is 3.07 bits per heavy atom. The van der Waals surface area contributed by atoms with Crippen LogP contribution in [0.15, 0.2) is 0 Å². The highest BCUT2D eigenvalue weighted by Crippen LogP contribution is 2.10. The summed E-state index contributed by atoms with van der Waals surface area (Å²) in [5.74, 6) is 0.104. The molecule has 0 aromatic heterocycles. The third-order valence-electron chi connectivity index (χ3n) is 2.58. The second-order valence-electron chi connectivity index (χ2n) is 3.86. The molecule has 0 radical (unpaired) electrons. The van der Waals surface area contributed by atoms with E-state index in [-0.39, 0.29) is 17.9 Å². The highest BCUT2D eigenvalue weighted by molar-refractivity contribution is 5.78. The lowest BCUT2D eigenvalue weighted by Crippen LogP contribution is -2.35. The number of nitrogens with two attached hydrogens (primary N) is 1. The van der Waals surface area contributed by atoms with Crippen LogP contribution < -0.4 is 11.1 Å². The fraction of sp³-hybridized carbons (Fsp3) is 0.900. The predicted octanol–water partition coefficient (Wildman–Crippen LogP) is 0.267. The molecule has 0 aliphatic carbocycles. The molecule has 1 amide bonds. The molecule has 0 spiro atoms. The van der Waals surface area contributed by atoms with E-state index in [1.807, 2.05) is 6.92 Å². The van der Waals surface area contributed by atoms with E-state index in [0.717, 1.165) is 25.9 Å². The molecule has 1 aliphatic rings. The van der Waals surface area contributed by atoms with Crippen molar-refractivity contribution in [1.82, 2.24) is 5.32 Å². The lowest BCUT2D eigenvalue weighted by Gasteiger charge is -2.14. The Labute approximate surface area is 85.2 Å². The number of carbonyl (C=O) groups is 1. The van der Waals surface area contributed by atoms with Crippen molar-refractivity contribution < 1.29 is 9.53 Å². The monoisotopic (exact) mass is 200 g/mol. The number of carbonyl (C=O) groups excluding carboxylic acids is 1. The highest BCUT2D eigenvalue weighted by atomic mass is 16.5. The summed E-state index contributed by atoms with van der Waals surface area (Å²) < 4.78 is 5.40. The van der Waals surface area contributed by atoms with Crippen molar-refractivity contribution in [3.8, 4) is 0 Å². The molecule has 1 saturated heterocycles. The molecule has 1 aliphatic heterocycles. The van der Waals surface area contributed by atoms with E-state index in [4.69, 9.17) is 10.5 Å². The Balaban J connectivity index is 2.13. The van der Waals surface area contributed by atoms with E-state index >= 15 is 0 Å². The summed E-state index contributed by atoms with van der Waals surface area (Å²) >= 11 is 0. The van der Waals surface area contributed by atoms with Crippen LogP contribution in [0.1, 0.15) is 26.2 Å². The molecular weight excluding hydrogens is 180 g/mol. The van der Waals surface area contributed by atoms with Crippen molar-refractivity contribution in [2.75, 3.05) is 19.7 Å². The van der Waals surface area contributed by atoms with Crippen molar-refractivity contribution in [2.24, 2.45) is 11.7 Å². The van der Waals surface area contributed by atoms with Gasteiger partial charge in [0.05, 0.1) is 6.10 Å². The van der Waals surface area contributed by atoms with Gasteiger partial charge in [0.1, 0.15) is 0 Å². The van der Waals surface area contributed by atoms with Gasteiger partial charge in [-0.15, -0.1) is 0 Å². The molecular formula is C10H20N2O2. The maximum atomic E-state index is 11.5. The third kappa shape index (κ3) is 3.64. The van der Waals surface area contributed by atoms with Crippen molar-refractivity contribution in [3.63, 3.8) is 0 Å². The lowest BCUT2D eigenvalue weighted by molar-refractivity contribution is -0.125. The maximum absolute atomic E-state index is 11.5. The van der Waals surface area contributed by atoms with Gasteiger partial charge in [0, 0.05) is 19.1 Å². The summed E-state index contributed by atoms with van der Waals surface area (Å²) in [4.78, 5) is 11.5. The average Bonchev–Trinajstić information content (AvgIpc) is 2.67. The molecule has 1 fully saturated rings. The van der Waals surface area contributed by atoms with Crippen molar-refractivity contribution in [2.45, 2.75) is 32.3 Å². The van der Waals surface area contributed by atoms with Crippen molar-refractivity contribution in [3.05, 3.63) is 0 Å². The predicted molar refractivity (Wildman–Crippen MR) is 54.8 cm³/mol. The zero-order chi connectivity index (χ0) is 10.4. The molecule has 0 aromatic rings. The number of hydrogen-bond donors (Lipinski definition) is 2. The standard InChI is InChI=1S/C10H20N2O2/c1-8(4-5-11)10(13)12-7-9-3-2-6-14-9/h8-9H,2-7,11H2,1H3,(H,12,13). The molecule has 14 heavy (non-hydrogen) atoms. The Hall–Kier alpha value is -0.610. The Bertz CT molecular complexity index is 179. The first kappa shape index (κ1) is 11.5. The quantitative estimate of drug-likeness (QED) is 0.669. The third-order valence-corrected chi connectivity index (χ3v) is 2.58. The highest BCUT2D eigenvalue weighted by Gasteiger charge is 2.18. The van der Waals surface area contributed by atoms with Crippen LogP contribution in [0.2, 0.25) is 0 Å². The number of hydrogen-bond acceptors (Lipinski definition) is 3. The minimum absolute atomic E-state index is 0.0152. The summed E-state index contributed by atoms with van der Waals surface area (Å²) in [6, 6.07) is 0. The fourth-order valence-corrected chi connectivity index (χ4v) is 1.58. The van der Waals surface area contributed by atoms with Crippen molar-refractivity contribution >= 4 is 5.91 Å². The van der Waals surface area contributed by atoms with Gasteiger partial charge in [0.25, 0.3) is 0 Å². The van der Waals surface area contributed by atoms with Crippen LogP contribution in [0.5, 0.6) is 0 Å². The Kier molecular flexibility index (Phi) is 4.90. The molecule has 0 bridgehead atoms. The molecule has 0 saturated carbocycles. The van der Waals surface area contributed by atoms with Crippen LogP contribution >= 0.6 is 0 Å². The first-order valence-electron chi connectivity index (χ1n) is 5.33. The van der Waals surface area contributed by atoms with E-state index in [0.29, 0.717) is 13.1 Å². The smallest absolute Gasteiger partial charge is 0.222 e. The second-order valence-corrected chi connectivity index (χ2v) is 3.86. The summed E-state index contributed by atoms with van der Waals surface area (Å²) in [5, 5.41) is 2.89. The van der Waals surface area contributed by atoms with Gasteiger partial charge in [-0.2, -0.15) is 0 Å². The van der Waals surface area contributed by atoms with E-state index in [9.17, 15) is 4.79 Å².